The summed E-state index contributed by atoms with van der Waals surface area (Å²) >= 11 is 5.28. The van der Waals surface area contributed by atoms with Gasteiger partial charge in [0, 0.05) is 6.54 Å². The second-order valence-electron chi connectivity index (χ2n) is 3.52. The van der Waals surface area contributed by atoms with Crippen molar-refractivity contribution in [3.8, 4) is 11.5 Å². The highest BCUT2D eigenvalue weighted by Crippen LogP contribution is 2.30. The van der Waals surface area contributed by atoms with Crippen LogP contribution in [0, 0.1) is 0 Å². The number of rotatable bonds is 4. The van der Waals surface area contributed by atoms with E-state index in [9.17, 15) is 8.42 Å². The van der Waals surface area contributed by atoms with Crippen LogP contribution in [-0.2, 0) is 16.6 Å². The van der Waals surface area contributed by atoms with E-state index in [1.54, 1.807) is 18.2 Å². The molecule has 1 heterocycles. The Kier molecular flexibility index (Phi) is 3.76. The van der Waals surface area contributed by atoms with Gasteiger partial charge in [-0.05, 0) is 17.7 Å². The van der Waals surface area contributed by atoms with Gasteiger partial charge >= 0.3 is 0 Å². The van der Waals surface area contributed by atoms with E-state index in [1.165, 1.54) is 0 Å². The monoisotopic (exact) mass is 277 g/mol. The van der Waals surface area contributed by atoms with Crippen LogP contribution in [0.5, 0.6) is 11.5 Å². The van der Waals surface area contributed by atoms with Gasteiger partial charge in [-0.15, -0.1) is 11.6 Å². The fraction of sp³-hybridized carbons (Fsp3) is 0.400. The molecule has 0 amide bonds. The van der Waals surface area contributed by atoms with Crippen LogP contribution in [0.3, 0.4) is 0 Å². The van der Waals surface area contributed by atoms with E-state index < -0.39 is 15.2 Å². The summed E-state index contributed by atoms with van der Waals surface area (Å²) < 4.78 is 35.5. The largest absolute Gasteiger partial charge is 0.486 e. The van der Waals surface area contributed by atoms with Crippen LogP contribution in [0.2, 0.25) is 0 Å². The highest BCUT2D eigenvalue weighted by atomic mass is 35.5. The van der Waals surface area contributed by atoms with Crippen molar-refractivity contribution in [3.05, 3.63) is 23.8 Å². The molecule has 0 radical (unpaired) electrons. The predicted molar refractivity (Wildman–Crippen MR) is 63.9 cm³/mol. The Morgan fingerprint density at radius 3 is 2.65 bits per heavy atom. The molecule has 0 unspecified atom stereocenters. The minimum atomic E-state index is -3.40. The number of sulfonamides is 1. The zero-order valence-electron chi connectivity index (χ0n) is 8.98. The second kappa shape index (κ2) is 5.12. The number of benzene rings is 1. The number of hydrogen-bond donors (Lipinski definition) is 1. The lowest BCUT2D eigenvalue weighted by Gasteiger charge is -2.18. The Bertz CT molecular complexity index is 503. The fourth-order valence-electron chi connectivity index (χ4n) is 1.43. The number of fused-ring (bicyclic) bond motifs is 1. The normalized spacial score (nSPS) is 14.6. The van der Waals surface area contributed by atoms with Gasteiger partial charge in [0.15, 0.2) is 11.5 Å². The second-order valence-corrected chi connectivity index (χ2v) is 5.91. The predicted octanol–water partition coefficient (Wildman–Crippen LogP) is 1.07. The van der Waals surface area contributed by atoms with Gasteiger partial charge in [0.25, 0.3) is 0 Å². The van der Waals surface area contributed by atoms with E-state index in [1.807, 2.05) is 0 Å². The van der Waals surface area contributed by atoms with Crippen molar-refractivity contribution in [1.29, 1.82) is 0 Å². The fourth-order valence-corrected chi connectivity index (χ4v) is 2.12. The number of nitrogens with one attached hydrogen (secondary N) is 1. The smallest absolute Gasteiger partial charge is 0.225 e. The third-order valence-electron chi connectivity index (χ3n) is 2.25. The molecule has 5 nitrogen and oxygen atoms in total. The van der Waals surface area contributed by atoms with E-state index in [2.05, 4.69) is 4.72 Å². The minimum Gasteiger partial charge on any atom is -0.486 e. The zero-order chi connectivity index (χ0) is 12.3. The summed E-state index contributed by atoms with van der Waals surface area (Å²) in [5.41, 5.74) is 0.794. The highest BCUT2D eigenvalue weighted by molar-refractivity contribution is 7.90. The highest BCUT2D eigenvalue weighted by Gasteiger charge is 2.13. The zero-order valence-corrected chi connectivity index (χ0v) is 10.6. The summed E-state index contributed by atoms with van der Waals surface area (Å²) in [7, 11) is -3.40. The number of ether oxygens (including phenoxy) is 2. The van der Waals surface area contributed by atoms with E-state index in [0.717, 1.165) is 5.56 Å². The van der Waals surface area contributed by atoms with Gasteiger partial charge in [-0.2, -0.15) is 0 Å². The van der Waals surface area contributed by atoms with Crippen molar-refractivity contribution in [2.75, 3.05) is 18.4 Å². The number of alkyl halides is 1. The van der Waals surface area contributed by atoms with Crippen molar-refractivity contribution in [2.45, 2.75) is 6.54 Å². The molecule has 0 atom stereocenters. The summed E-state index contributed by atoms with van der Waals surface area (Å²) in [4.78, 5) is 0. The molecule has 0 saturated heterocycles. The average Bonchev–Trinajstić information content (AvgIpc) is 2.36. The van der Waals surface area contributed by atoms with Crippen molar-refractivity contribution in [3.63, 3.8) is 0 Å². The van der Waals surface area contributed by atoms with E-state index in [0.29, 0.717) is 24.7 Å². The molecule has 7 heteroatoms. The standard InChI is InChI=1S/C10H12ClNO4S/c11-7-17(13,14)12-6-8-1-2-9-10(5-8)16-4-3-15-9/h1-2,5,12H,3-4,6-7H2. The maximum Gasteiger partial charge on any atom is 0.225 e. The van der Waals surface area contributed by atoms with Crippen molar-refractivity contribution < 1.29 is 17.9 Å². The lowest BCUT2D eigenvalue weighted by Crippen LogP contribution is -2.24. The maximum absolute atomic E-state index is 11.2. The summed E-state index contributed by atoms with van der Waals surface area (Å²) in [5, 5.41) is -0.447. The quantitative estimate of drug-likeness (QED) is 0.837. The lowest BCUT2D eigenvalue weighted by atomic mass is 10.2. The minimum absolute atomic E-state index is 0.186. The van der Waals surface area contributed by atoms with Gasteiger partial charge < -0.3 is 9.47 Å². The van der Waals surface area contributed by atoms with Crippen LogP contribution in [0.25, 0.3) is 0 Å². The molecule has 0 saturated carbocycles. The lowest BCUT2D eigenvalue weighted by molar-refractivity contribution is 0.171. The third kappa shape index (κ3) is 3.24. The molecule has 2 rings (SSSR count). The van der Waals surface area contributed by atoms with Gasteiger partial charge in [-0.25, -0.2) is 13.1 Å². The van der Waals surface area contributed by atoms with Gasteiger partial charge in [-0.1, -0.05) is 6.07 Å². The first-order valence-corrected chi connectivity index (χ1v) is 7.21. The topological polar surface area (TPSA) is 64.6 Å². The molecule has 17 heavy (non-hydrogen) atoms. The molecular weight excluding hydrogens is 266 g/mol. The van der Waals surface area contributed by atoms with Gasteiger partial charge in [-0.3, -0.25) is 0 Å². The summed E-state index contributed by atoms with van der Waals surface area (Å²) in [6.07, 6.45) is 0. The first kappa shape index (κ1) is 12.5. The Morgan fingerprint density at radius 1 is 1.24 bits per heavy atom. The van der Waals surface area contributed by atoms with Crippen LogP contribution in [0.4, 0.5) is 0 Å². The van der Waals surface area contributed by atoms with Crippen LogP contribution < -0.4 is 14.2 Å². The van der Waals surface area contributed by atoms with Crippen molar-refractivity contribution in [2.24, 2.45) is 0 Å². The first-order chi connectivity index (χ1) is 8.11. The maximum atomic E-state index is 11.2. The molecule has 0 aromatic heterocycles. The summed E-state index contributed by atoms with van der Waals surface area (Å²) in [6, 6.07) is 5.30. The Morgan fingerprint density at radius 2 is 1.94 bits per heavy atom. The Labute approximate surface area is 105 Å². The third-order valence-corrected chi connectivity index (χ3v) is 3.98. The summed E-state index contributed by atoms with van der Waals surface area (Å²) in [5.74, 6) is 1.32. The Hall–Kier alpha value is -0.980. The molecule has 0 aliphatic carbocycles. The Balaban J connectivity index is 2.07. The molecule has 1 aliphatic rings. The molecule has 94 valence electrons. The molecule has 1 aliphatic heterocycles. The van der Waals surface area contributed by atoms with Crippen LogP contribution in [0.15, 0.2) is 18.2 Å². The van der Waals surface area contributed by atoms with E-state index in [-0.39, 0.29) is 6.54 Å². The summed E-state index contributed by atoms with van der Waals surface area (Å²) in [6.45, 7) is 1.22. The first-order valence-electron chi connectivity index (χ1n) is 5.02. The molecule has 0 spiro atoms. The SMILES string of the molecule is O=S(=O)(CCl)NCc1ccc2c(c1)OCCO2. The van der Waals surface area contributed by atoms with Gasteiger partial charge in [0.1, 0.15) is 18.4 Å². The van der Waals surface area contributed by atoms with Crippen molar-refractivity contribution in [1.82, 2.24) is 4.72 Å². The number of hydrogen-bond acceptors (Lipinski definition) is 4. The molecule has 0 bridgehead atoms. The molecule has 1 aromatic rings. The molecular formula is C10H12ClNO4S. The molecule has 1 N–H and O–H groups in total. The average molecular weight is 278 g/mol. The molecule has 1 aromatic carbocycles. The molecule has 0 fully saturated rings. The van der Waals surface area contributed by atoms with Crippen LogP contribution >= 0.6 is 11.6 Å². The van der Waals surface area contributed by atoms with Crippen LogP contribution in [0.1, 0.15) is 5.56 Å². The van der Waals surface area contributed by atoms with Gasteiger partial charge in [0.2, 0.25) is 10.0 Å². The number of halogens is 1. The van der Waals surface area contributed by atoms with Gasteiger partial charge in [0.05, 0.1) is 0 Å². The van der Waals surface area contributed by atoms with Crippen LogP contribution in [-0.4, -0.2) is 26.8 Å². The van der Waals surface area contributed by atoms with E-state index in [4.69, 9.17) is 21.1 Å². The van der Waals surface area contributed by atoms with E-state index >= 15 is 0 Å². The van der Waals surface area contributed by atoms with Crippen molar-refractivity contribution >= 4 is 21.6 Å².